The Morgan fingerprint density at radius 1 is 1.12 bits per heavy atom. The van der Waals surface area contributed by atoms with Gasteiger partial charge in [-0.05, 0) is 55.2 Å². The Morgan fingerprint density at radius 2 is 1.83 bits per heavy atom. The number of carbonyl (C=O) groups excluding carboxylic acids is 1. The van der Waals surface area contributed by atoms with E-state index in [9.17, 15) is 9.18 Å². The Kier molecular flexibility index (Phi) is 5.51. The molecule has 0 aliphatic heterocycles. The van der Waals surface area contributed by atoms with Crippen molar-refractivity contribution in [3.63, 3.8) is 0 Å². The topological polar surface area (TPSA) is 33.2 Å². The number of aromatic nitrogens is 1. The van der Waals surface area contributed by atoms with E-state index in [2.05, 4.69) is 17.6 Å². The summed E-state index contributed by atoms with van der Waals surface area (Å²) in [5.41, 5.74) is 1.25. The van der Waals surface area contributed by atoms with Crippen LogP contribution < -0.4 is 4.90 Å². The van der Waals surface area contributed by atoms with Gasteiger partial charge in [-0.3, -0.25) is 4.79 Å². The van der Waals surface area contributed by atoms with Gasteiger partial charge in [0.1, 0.15) is 5.82 Å². The highest BCUT2D eigenvalue weighted by molar-refractivity contribution is 7.80. The van der Waals surface area contributed by atoms with Gasteiger partial charge in [-0.25, -0.2) is 9.37 Å². The maximum absolute atomic E-state index is 13.3. The molecular formula is C19H21FN2OS. The second-order valence-electron chi connectivity index (χ2n) is 6.30. The van der Waals surface area contributed by atoms with E-state index in [1.54, 1.807) is 35.4 Å². The summed E-state index contributed by atoms with van der Waals surface area (Å²) in [4.78, 5) is 18.8. The summed E-state index contributed by atoms with van der Waals surface area (Å²) in [6.07, 6.45) is 7.52. The van der Waals surface area contributed by atoms with Crippen molar-refractivity contribution in [3.05, 3.63) is 54.0 Å². The lowest BCUT2D eigenvalue weighted by molar-refractivity contribution is 0.0980. The fourth-order valence-electron chi connectivity index (χ4n) is 3.22. The predicted octanol–water partition coefficient (Wildman–Crippen LogP) is 4.74. The molecule has 1 saturated carbocycles. The summed E-state index contributed by atoms with van der Waals surface area (Å²) in [5.74, 6) is 0.0859. The van der Waals surface area contributed by atoms with Gasteiger partial charge < -0.3 is 4.90 Å². The van der Waals surface area contributed by atoms with E-state index >= 15 is 0 Å². The molecule has 3 nitrogen and oxygen atoms in total. The first-order valence-corrected chi connectivity index (χ1v) is 8.80. The lowest BCUT2D eigenvalue weighted by Crippen LogP contribution is -2.36. The molecule has 1 aliphatic carbocycles. The highest BCUT2D eigenvalue weighted by Gasteiger charge is 2.23. The number of pyridine rings is 1. The zero-order valence-corrected chi connectivity index (χ0v) is 14.4. The van der Waals surface area contributed by atoms with Gasteiger partial charge >= 0.3 is 0 Å². The molecule has 1 fully saturated rings. The average molecular weight is 344 g/mol. The first-order chi connectivity index (χ1) is 11.6. The molecule has 1 amide bonds. The molecule has 0 radical (unpaired) electrons. The van der Waals surface area contributed by atoms with Crippen LogP contribution in [0.3, 0.4) is 0 Å². The van der Waals surface area contributed by atoms with Crippen LogP contribution in [0.5, 0.6) is 0 Å². The van der Waals surface area contributed by atoms with Gasteiger partial charge in [-0.1, -0.05) is 19.3 Å². The van der Waals surface area contributed by atoms with Gasteiger partial charge in [0.25, 0.3) is 5.91 Å². The van der Waals surface area contributed by atoms with Gasteiger partial charge in [0.15, 0.2) is 0 Å². The lowest BCUT2D eigenvalue weighted by Gasteiger charge is -2.30. The number of nitrogens with zero attached hydrogens (tertiary/aromatic N) is 2. The van der Waals surface area contributed by atoms with Crippen molar-refractivity contribution < 1.29 is 9.18 Å². The highest BCUT2D eigenvalue weighted by Crippen LogP contribution is 2.27. The van der Waals surface area contributed by atoms with E-state index in [0.717, 1.165) is 18.5 Å². The number of thiol groups is 1. The Balaban J connectivity index is 1.86. The van der Waals surface area contributed by atoms with Gasteiger partial charge in [0, 0.05) is 18.4 Å². The van der Waals surface area contributed by atoms with Crippen LogP contribution in [0.1, 0.15) is 42.5 Å². The lowest BCUT2D eigenvalue weighted by atomic mass is 9.88. The number of anilines is 1. The van der Waals surface area contributed by atoms with Gasteiger partial charge in [-0.15, -0.1) is 12.6 Å². The van der Waals surface area contributed by atoms with E-state index in [4.69, 9.17) is 0 Å². The molecule has 5 heteroatoms. The van der Waals surface area contributed by atoms with Gasteiger partial charge in [0.05, 0.1) is 10.6 Å². The van der Waals surface area contributed by atoms with Crippen molar-refractivity contribution in [1.29, 1.82) is 0 Å². The number of halogens is 1. The number of carbonyl (C=O) groups is 1. The van der Waals surface area contributed by atoms with Gasteiger partial charge in [0.2, 0.25) is 0 Å². The van der Waals surface area contributed by atoms with E-state index in [1.807, 2.05) is 0 Å². The normalized spacial score (nSPS) is 15.2. The third-order valence-electron chi connectivity index (χ3n) is 4.54. The van der Waals surface area contributed by atoms with Crippen LogP contribution in [0.4, 0.5) is 10.1 Å². The first kappa shape index (κ1) is 17.0. The van der Waals surface area contributed by atoms with E-state index < -0.39 is 0 Å². The summed E-state index contributed by atoms with van der Waals surface area (Å²) in [6, 6.07) is 9.55. The molecule has 0 spiro atoms. The highest BCUT2D eigenvalue weighted by atomic mass is 32.1. The summed E-state index contributed by atoms with van der Waals surface area (Å²) in [6.45, 7) is 0.660. The number of hydrogen-bond donors (Lipinski definition) is 1. The SMILES string of the molecule is O=C(c1ccc(S)nc1)N(CC1CCCCC1)c1ccc(F)cc1. The summed E-state index contributed by atoms with van der Waals surface area (Å²) in [7, 11) is 0. The van der Waals surface area contributed by atoms with Crippen LogP contribution >= 0.6 is 12.6 Å². The third kappa shape index (κ3) is 4.15. The van der Waals surface area contributed by atoms with E-state index in [-0.39, 0.29) is 11.7 Å². The Labute approximate surface area is 147 Å². The zero-order valence-electron chi connectivity index (χ0n) is 13.5. The molecule has 0 unspecified atom stereocenters. The van der Waals surface area contributed by atoms with E-state index in [1.165, 1.54) is 31.4 Å². The standard InChI is InChI=1S/C19H21FN2OS/c20-16-7-9-17(10-8-16)22(13-14-4-2-1-3-5-14)19(23)15-6-11-18(24)21-12-15/h6-12,14H,1-5,13H2,(H,21,24). The molecule has 126 valence electrons. The van der Waals surface area contributed by atoms with Gasteiger partial charge in [-0.2, -0.15) is 0 Å². The molecule has 0 atom stereocenters. The van der Waals surface area contributed by atoms with Crippen LogP contribution in [-0.4, -0.2) is 17.4 Å². The second kappa shape index (κ2) is 7.79. The van der Waals surface area contributed by atoms with Crippen LogP contribution in [-0.2, 0) is 0 Å². The summed E-state index contributed by atoms with van der Waals surface area (Å²) < 4.78 is 13.3. The Hall–Kier alpha value is -1.88. The van der Waals surface area contributed by atoms with Crippen LogP contribution in [0.15, 0.2) is 47.6 Å². The monoisotopic (exact) mass is 344 g/mol. The summed E-state index contributed by atoms with van der Waals surface area (Å²) >= 11 is 4.16. The van der Waals surface area contributed by atoms with Crippen LogP contribution in [0.2, 0.25) is 0 Å². The van der Waals surface area contributed by atoms with Crippen LogP contribution in [0.25, 0.3) is 0 Å². The molecule has 0 bridgehead atoms. The minimum atomic E-state index is -0.301. The quantitative estimate of drug-likeness (QED) is 0.813. The minimum Gasteiger partial charge on any atom is -0.308 e. The Morgan fingerprint density at radius 3 is 2.46 bits per heavy atom. The zero-order chi connectivity index (χ0) is 16.9. The molecule has 3 rings (SSSR count). The smallest absolute Gasteiger partial charge is 0.259 e. The number of rotatable bonds is 4. The molecular weight excluding hydrogens is 323 g/mol. The molecule has 1 aliphatic rings. The maximum Gasteiger partial charge on any atom is 0.259 e. The third-order valence-corrected chi connectivity index (χ3v) is 4.81. The molecule has 1 aromatic carbocycles. The molecule has 1 aromatic heterocycles. The number of amides is 1. The Bertz CT molecular complexity index is 682. The largest absolute Gasteiger partial charge is 0.308 e. The first-order valence-electron chi connectivity index (χ1n) is 8.36. The van der Waals surface area contributed by atoms with Crippen molar-refractivity contribution >= 4 is 24.2 Å². The fourth-order valence-corrected chi connectivity index (χ4v) is 3.36. The molecule has 0 N–H and O–H groups in total. The van der Waals surface area contributed by atoms with Crippen molar-refractivity contribution in [2.45, 2.75) is 37.1 Å². The van der Waals surface area contributed by atoms with E-state index in [0.29, 0.717) is 23.1 Å². The molecule has 24 heavy (non-hydrogen) atoms. The maximum atomic E-state index is 13.3. The van der Waals surface area contributed by atoms with Crippen molar-refractivity contribution in [2.24, 2.45) is 5.92 Å². The van der Waals surface area contributed by atoms with Crippen molar-refractivity contribution in [1.82, 2.24) is 4.98 Å². The minimum absolute atomic E-state index is 0.104. The summed E-state index contributed by atoms with van der Waals surface area (Å²) in [5, 5.41) is 0.576. The van der Waals surface area contributed by atoms with Crippen molar-refractivity contribution in [3.8, 4) is 0 Å². The van der Waals surface area contributed by atoms with Crippen molar-refractivity contribution in [2.75, 3.05) is 11.4 Å². The second-order valence-corrected chi connectivity index (χ2v) is 6.76. The molecule has 2 aromatic rings. The predicted molar refractivity (Wildman–Crippen MR) is 96.1 cm³/mol. The molecule has 1 heterocycles. The number of hydrogen-bond acceptors (Lipinski definition) is 3. The average Bonchev–Trinajstić information content (AvgIpc) is 2.62. The van der Waals surface area contributed by atoms with Crippen LogP contribution in [0, 0.1) is 11.7 Å². The molecule has 0 saturated heterocycles. The fraction of sp³-hybridized carbons (Fsp3) is 0.368. The number of benzene rings is 1.